The van der Waals surface area contributed by atoms with Crippen LogP contribution in [0.5, 0.6) is 17.2 Å². The first-order chi connectivity index (χ1) is 16.5. The van der Waals surface area contributed by atoms with Gasteiger partial charge in [0.05, 0.1) is 49.0 Å². The fourth-order valence-corrected chi connectivity index (χ4v) is 3.90. The molecule has 0 radical (unpaired) electrons. The van der Waals surface area contributed by atoms with Crippen LogP contribution in [0.3, 0.4) is 0 Å². The number of hydrogen-bond acceptors (Lipinski definition) is 5. The van der Waals surface area contributed by atoms with E-state index >= 15 is 0 Å². The first kappa shape index (κ1) is 23.2. The van der Waals surface area contributed by atoms with E-state index in [0.717, 1.165) is 5.56 Å². The highest BCUT2D eigenvalue weighted by Gasteiger charge is 2.20. The fourth-order valence-electron chi connectivity index (χ4n) is 3.67. The van der Waals surface area contributed by atoms with Crippen molar-refractivity contribution in [1.82, 2.24) is 9.78 Å². The molecule has 0 amide bonds. The van der Waals surface area contributed by atoms with Crippen LogP contribution in [0.1, 0.15) is 12.5 Å². The van der Waals surface area contributed by atoms with E-state index in [4.69, 9.17) is 30.8 Å². The third-order valence-corrected chi connectivity index (χ3v) is 5.68. The second-order valence-corrected chi connectivity index (χ2v) is 7.83. The average Bonchev–Trinajstić information content (AvgIpc) is 3.22. The molecule has 1 heterocycles. The Labute approximate surface area is 202 Å². The number of methoxy groups -OCH3 is 3. The Morgan fingerprint density at radius 3 is 2.21 bits per heavy atom. The van der Waals surface area contributed by atoms with E-state index in [-0.39, 0.29) is 5.56 Å². The van der Waals surface area contributed by atoms with Gasteiger partial charge >= 0.3 is 0 Å². The normalized spacial score (nSPS) is 11.4. The van der Waals surface area contributed by atoms with Crippen molar-refractivity contribution in [2.45, 2.75) is 6.92 Å². The van der Waals surface area contributed by atoms with Crippen LogP contribution in [0.4, 0.5) is 5.69 Å². The largest absolute Gasteiger partial charge is 0.497 e. The maximum atomic E-state index is 13.6. The molecule has 0 aliphatic rings. The lowest BCUT2D eigenvalue weighted by Gasteiger charge is -2.10. The van der Waals surface area contributed by atoms with Gasteiger partial charge < -0.3 is 14.2 Å². The number of aromatic nitrogens is 2. The van der Waals surface area contributed by atoms with Crippen LogP contribution in [-0.2, 0) is 0 Å². The molecule has 0 saturated heterocycles. The van der Waals surface area contributed by atoms with Gasteiger partial charge in [0.15, 0.2) is 0 Å². The van der Waals surface area contributed by atoms with Crippen molar-refractivity contribution in [1.29, 1.82) is 0 Å². The fraction of sp³-hybridized carbons (Fsp3) is 0.154. The summed E-state index contributed by atoms with van der Waals surface area (Å²) < 4.78 is 17.5. The summed E-state index contributed by atoms with van der Waals surface area (Å²) in [6.07, 6.45) is 0. The SMILES string of the molecule is COc1ccc(-n2[nH]c(-c3ccccc3)c(C(C)=Nc3cc(OC)c(Cl)cc3OC)c2=O)cc1. The minimum atomic E-state index is -0.231. The van der Waals surface area contributed by atoms with Gasteiger partial charge in [0, 0.05) is 17.7 Å². The number of ether oxygens (including phenoxy) is 3. The zero-order chi connectivity index (χ0) is 24.2. The molecule has 0 aliphatic heterocycles. The summed E-state index contributed by atoms with van der Waals surface area (Å²) in [4.78, 5) is 18.4. The van der Waals surface area contributed by atoms with Gasteiger partial charge in [0.25, 0.3) is 5.56 Å². The van der Waals surface area contributed by atoms with Crippen LogP contribution < -0.4 is 19.8 Å². The number of H-pyrrole nitrogens is 1. The Morgan fingerprint density at radius 2 is 1.59 bits per heavy atom. The van der Waals surface area contributed by atoms with Crippen molar-refractivity contribution in [3.05, 3.63) is 87.7 Å². The molecule has 4 rings (SSSR count). The number of aromatic amines is 1. The smallest absolute Gasteiger partial charge is 0.280 e. The molecule has 8 heteroatoms. The molecule has 3 aromatic carbocycles. The summed E-state index contributed by atoms with van der Waals surface area (Å²) in [7, 11) is 4.66. The third kappa shape index (κ3) is 4.43. The van der Waals surface area contributed by atoms with Crippen molar-refractivity contribution >= 4 is 23.0 Å². The van der Waals surface area contributed by atoms with Crippen molar-refractivity contribution in [3.63, 3.8) is 0 Å². The van der Waals surface area contributed by atoms with Crippen molar-refractivity contribution in [2.24, 2.45) is 4.99 Å². The lowest BCUT2D eigenvalue weighted by Crippen LogP contribution is -2.19. The molecule has 1 aromatic heterocycles. The number of nitrogens with one attached hydrogen (secondary N) is 1. The summed E-state index contributed by atoms with van der Waals surface area (Å²) in [5.74, 6) is 1.63. The number of rotatable bonds is 7. The van der Waals surface area contributed by atoms with Gasteiger partial charge in [-0.2, -0.15) is 0 Å². The molecule has 1 N–H and O–H groups in total. The van der Waals surface area contributed by atoms with Gasteiger partial charge in [-0.15, -0.1) is 0 Å². The molecule has 0 spiro atoms. The molecule has 0 saturated carbocycles. The van der Waals surface area contributed by atoms with Crippen LogP contribution in [0.15, 0.2) is 76.5 Å². The van der Waals surface area contributed by atoms with E-state index in [1.54, 1.807) is 38.3 Å². The number of benzene rings is 3. The number of aliphatic imine (C=N–C) groups is 1. The second kappa shape index (κ2) is 9.89. The zero-order valence-corrected chi connectivity index (χ0v) is 20.0. The van der Waals surface area contributed by atoms with Crippen LogP contribution in [-0.4, -0.2) is 36.8 Å². The Kier molecular flexibility index (Phi) is 6.75. The van der Waals surface area contributed by atoms with E-state index < -0.39 is 0 Å². The lowest BCUT2D eigenvalue weighted by atomic mass is 10.1. The maximum absolute atomic E-state index is 13.6. The minimum Gasteiger partial charge on any atom is -0.497 e. The number of halogens is 1. The molecule has 0 bridgehead atoms. The Balaban J connectivity index is 1.91. The minimum absolute atomic E-state index is 0.231. The van der Waals surface area contributed by atoms with E-state index in [1.807, 2.05) is 42.5 Å². The highest BCUT2D eigenvalue weighted by Crippen LogP contribution is 2.38. The maximum Gasteiger partial charge on any atom is 0.280 e. The Morgan fingerprint density at radius 1 is 0.912 bits per heavy atom. The van der Waals surface area contributed by atoms with Crippen molar-refractivity contribution in [2.75, 3.05) is 21.3 Å². The van der Waals surface area contributed by atoms with Gasteiger partial charge in [-0.3, -0.25) is 9.89 Å². The molecular weight excluding hydrogens is 454 g/mol. The highest BCUT2D eigenvalue weighted by atomic mass is 35.5. The third-order valence-electron chi connectivity index (χ3n) is 5.39. The van der Waals surface area contributed by atoms with Crippen LogP contribution in [0.2, 0.25) is 5.02 Å². The lowest BCUT2D eigenvalue weighted by molar-refractivity contribution is 0.404. The summed E-state index contributed by atoms with van der Waals surface area (Å²) in [6.45, 7) is 1.79. The summed E-state index contributed by atoms with van der Waals surface area (Å²) >= 11 is 6.24. The van der Waals surface area contributed by atoms with Crippen LogP contribution >= 0.6 is 11.6 Å². The van der Waals surface area contributed by atoms with Crippen molar-refractivity contribution in [3.8, 4) is 34.2 Å². The molecule has 0 unspecified atom stereocenters. The summed E-state index contributed by atoms with van der Waals surface area (Å²) in [5.41, 5.74) is 3.41. The quantitative estimate of drug-likeness (QED) is 0.349. The van der Waals surface area contributed by atoms with Gasteiger partial charge in [0.1, 0.15) is 22.9 Å². The Bertz CT molecular complexity index is 1390. The van der Waals surface area contributed by atoms with Crippen LogP contribution in [0.25, 0.3) is 16.9 Å². The first-order valence-electron chi connectivity index (χ1n) is 10.5. The molecular formula is C26H24ClN3O4. The van der Waals surface area contributed by atoms with Gasteiger partial charge in [-0.25, -0.2) is 9.67 Å². The van der Waals surface area contributed by atoms with E-state index in [9.17, 15) is 4.79 Å². The highest BCUT2D eigenvalue weighted by molar-refractivity contribution is 6.32. The monoisotopic (exact) mass is 477 g/mol. The molecule has 34 heavy (non-hydrogen) atoms. The van der Waals surface area contributed by atoms with Gasteiger partial charge in [0.2, 0.25) is 0 Å². The number of nitrogens with zero attached hydrogens (tertiary/aromatic N) is 2. The molecule has 174 valence electrons. The average molecular weight is 478 g/mol. The predicted octanol–water partition coefficient (Wildman–Crippen LogP) is 5.65. The zero-order valence-electron chi connectivity index (χ0n) is 19.3. The standard InChI is InChI=1S/C26H24ClN3O4/c1-16(28-21-15-22(33-3)20(27)14-23(21)34-4)24-25(17-8-6-5-7-9-17)29-30(26(24)31)18-10-12-19(32-2)13-11-18/h5-15,29H,1-4H3. The second-order valence-electron chi connectivity index (χ2n) is 7.42. The van der Waals surface area contributed by atoms with Gasteiger partial charge in [-0.1, -0.05) is 41.9 Å². The van der Waals surface area contributed by atoms with Gasteiger partial charge in [-0.05, 0) is 31.2 Å². The van der Waals surface area contributed by atoms with Crippen LogP contribution in [0, 0.1) is 0 Å². The van der Waals surface area contributed by atoms with E-state index in [2.05, 4.69) is 5.10 Å². The molecule has 0 atom stereocenters. The molecule has 4 aromatic rings. The van der Waals surface area contributed by atoms with E-state index in [0.29, 0.717) is 50.6 Å². The summed E-state index contributed by atoms with van der Waals surface area (Å²) in [5, 5.41) is 3.66. The topological polar surface area (TPSA) is 77.8 Å². The summed E-state index contributed by atoms with van der Waals surface area (Å²) in [6, 6.07) is 20.2. The van der Waals surface area contributed by atoms with E-state index in [1.165, 1.54) is 18.9 Å². The Hall–Kier alpha value is -3.97. The van der Waals surface area contributed by atoms with Crippen molar-refractivity contribution < 1.29 is 14.2 Å². The first-order valence-corrected chi connectivity index (χ1v) is 10.9. The molecule has 0 fully saturated rings. The number of hydrogen-bond donors (Lipinski definition) is 1. The molecule has 0 aliphatic carbocycles. The molecule has 7 nitrogen and oxygen atoms in total. The predicted molar refractivity (Wildman–Crippen MR) is 135 cm³/mol.